The van der Waals surface area contributed by atoms with E-state index in [0.29, 0.717) is 37.2 Å². The Morgan fingerprint density at radius 1 is 1.32 bits per heavy atom. The average Bonchev–Trinajstić information content (AvgIpc) is 3.47. The zero-order chi connectivity index (χ0) is 24.0. The lowest BCUT2D eigenvalue weighted by Crippen LogP contribution is -2.54. The molecule has 0 aromatic rings. The third-order valence-corrected chi connectivity index (χ3v) is 7.23. The Hall–Kier alpha value is -2.39. The van der Waals surface area contributed by atoms with E-state index in [9.17, 15) is 0 Å². The summed E-state index contributed by atoms with van der Waals surface area (Å²) >= 11 is 0. The molecule has 0 atom stereocenters. The second-order valence-corrected chi connectivity index (χ2v) is 9.83. The number of hydrogen-bond donors (Lipinski definition) is 1. The van der Waals surface area contributed by atoms with E-state index in [-0.39, 0.29) is 12.3 Å². The number of hydrogen-bond acceptors (Lipinski definition) is 7. The molecule has 0 saturated heterocycles. The number of hydroxylamine groups is 1. The van der Waals surface area contributed by atoms with E-state index < -0.39 is 0 Å². The van der Waals surface area contributed by atoms with Gasteiger partial charge in [0, 0.05) is 26.4 Å². The lowest BCUT2D eigenvalue weighted by molar-refractivity contribution is -0.0211. The van der Waals surface area contributed by atoms with Crippen LogP contribution < -0.4 is 5.48 Å². The minimum Gasteiger partial charge on any atom is -0.370 e. The molecule has 0 aromatic heterocycles. The van der Waals surface area contributed by atoms with Crippen molar-refractivity contribution in [2.24, 2.45) is 36.8 Å². The number of nitrogens with one attached hydrogen (secondary N) is 1. The normalized spacial score (nSPS) is 28.1. The summed E-state index contributed by atoms with van der Waals surface area (Å²) in [6, 6.07) is 0. The Labute approximate surface area is 203 Å². The second kappa shape index (κ2) is 11.4. The molecule has 0 unspecified atom stereocenters. The van der Waals surface area contributed by atoms with Crippen molar-refractivity contribution in [1.82, 2.24) is 10.4 Å². The highest BCUT2D eigenvalue weighted by atomic mass is 16.7. The van der Waals surface area contributed by atoms with Crippen LogP contribution >= 0.6 is 0 Å². The van der Waals surface area contributed by atoms with Crippen LogP contribution in [0.3, 0.4) is 0 Å². The van der Waals surface area contributed by atoms with E-state index in [2.05, 4.69) is 38.9 Å². The standard InChI is InChI=1S/C25H39N7O2/c1-5-26-13-19(3)14-27-22(23-28-17-34-31-23)29-21-16-32(15-20-9-7-18(2)8-10-20)24(30-21)25(33-4)11-6-12-25/h13,18,20H,3,5-12,14-17H2,1-2,4H3,(H,28,31). The monoisotopic (exact) mass is 469 g/mol. The van der Waals surface area contributed by atoms with Crippen LogP contribution in [0, 0.1) is 11.8 Å². The maximum atomic E-state index is 6.02. The molecule has 186 valence electrons. The number of rotatable bonds is 9. The van der Waals surface area contributed by atoms with Gasteiger partial charge in [0.05, 0.1) is 13.1 Å². The summed E-state index contributed by atoms with van der Waals surface area (Å²) in [5.41, 5.74) is 3.35. The molecule has 0 radical (unpaired) electrons. The Morgan fingerprint density at radius 2 is 2.12 bits per heavy atom. The summed E-state index contributed by atoms with van der Waals surface area (Å²) in [7, 11) is 1.81. The molecular weight excluding hydrogens is 430 g/mol. The van der Waals surface area contributed by atoms with E-state index >= 15 is 0 Å². The topological polar surface area (TPSA) is 95.5 Å². The van der Waals surface area contributed by atoms with E-state index in [1.807, 2.05) is 14.0 Å². The lowest BCUT2D eigenvalue weighted by atomic mass is 9.78. The van der Waals surface area contributed by atoms with Crippen molar-refractivity contribution < 1.29 is 9.57 Å². The van der Waals surface area contributed by atoms with Crippen LogP contribution in [0.2, 0.25) is 0 Å². The van der Waals surface area contributed by atoms with E-state index in [4.69, 9.17) is 19.6 Å². The number of amidine groups is 4. The largest absolute Gasteiger partial charge is 0.370 e. The first kappa shape index (κ1) is 24.7. The minimum atomic E-state index is -0.284. The molecule has 2 fully saturated rings. The maximum Gasteiger partial charge on any atom is 0.194 e. The second-order valence-electron chi connectivity index (χ2n) is 9.83. The van der Waals surface area contributed by atoms with Crippen molar-refractivity contribution in [3.8, 4) is 0 Å². The van der Waals surface area contributed by atoms with Crippen LogP contribution in [-0.4, -0.2) is 80.1 Å². The molecule has 1 N–H and O–H groups in total. The van der Waals surface area contributed by atoms with E-state index in [0.717, 1.165) is 42.5 Å². The van der Waals surface area contributed by atoms with E-state index in [1.165, 1.54) is 32.1 Å². The van der Waals surface area contributed by atoms with Gasteiger partial charge in [-0.1, -0.05) is 26.3 Å². The van der Waals surface area contributed by atoms with Crippen LogP contribution in [0.5, 0.6) is 0 Å². The fourth-order valence-corrected chi connectivity index (χ4v) is 4.98. The molecule has 0 aromatic carbocycles. The van der Waals surface area contributed by atoms with Crippen molar-refractivity contribution in [3.05, 3.63) is 12.2 Å². The Kier molecular flexibility index (Phi) is 8.26. The summed E-state index contributed by atoms with van der Waals surface area (Å²) in [6.45, 7) is 11.4. The van der Waals surface area contributed by atoms with Gasteiger partial charge in [0.1, 0.15) is 11.4 Å². The van der Waals surface area contributed by atoms with Gasteiger partial charge in [0.15, 0.2) is 24.2 Å². The molecule has 0 amide bonds. The highest BCUT2D eigenvalue weighted by Gasteiger charge is 2.47. The Balaban J connectivity index is 1.56. The average molecular weight is 470 g/mol. The van der Waals surface area contributed by atoms with Crippen molar-refractivity contribution in [2.45, 2.75) is 64.4 Å². The first-order valence-corrected chi connectivity index (χ1v) is 12.6. The van der Waals surface area contributed by atoms with Crippen LogP contribution in [0.1, 0.15) is 58.8 Å². The zero-order valence-corrected chi connectivity index (χ0v) is 20.9. The molecule has 2 heterocycles. The molecule has 4 rings (SSSR count). The van der Waals surface area contributed by atoms with Crippen molar-refractivity contribution in [1.29, 1.82) is 0 Å². The lowest BCUT2D eigenvalue weighted by Gasteiger charge is -2.44. The Morgan fingerprint density at radius 3 is 2.74 bits per heavy atom. The highest BCUT2D eigenvalue weighted by molar-refractivity contribution is 6.42. The van der Waals surface area contributed by atoms with Gasteiger partial charge in [0.25, 0.3) is 0 Å². The summed E-state index contributed by atoms with van der Waals surface area (Å²) < 4.78 is 6.02. The molecule has 9 nitrogen and oxygen atoms in total. The van der Waals surface area contributed by atoms with Gasteiger partial charge < -0.3 is 9.64 Å². The predicted molar refractivity (Wildman–Crippen MR) is 138 cm³/mol. The summed E-state index contributed by atoms with van der Waals surface area (Å²) in [5, 5.41) is 0. The third kappa shape index (κ3) is 5.81. The van der Waals surface area contributed by atoms with Gasteiger partial charge in [-0.2, -0.15) is 0 Å². The molecule has 2 aliphatic carbocycles. The SMILES string of the molecule is C=C(C=NCC)CN=C(N=C1CN(CC2CCC(C)CC2)C(C2(OC)CCC2)=N1)C1=NCON1. The van der Waals surface area contributed by atoms with Crippen LogP contribution in [0.25, 0.3) is 0 Å². The number of ether oxygens (including phenoxy) is 1. The molecule has 4 aliphatic rings. The predicted octanol–water partition coefficient (Wildman–Crippen LogP) is 3.43. The first-order valence-electron chi connectivity index (χ1n) is 12.6. The van der Waals surface area contributed by atoms with Crippen LogP contribution in [-0.2, 0) is 9.57 Å². The fourth-order valence-electron chi connectivity index (χ4n) is 4.98. The first-order chi connectivity index (χ1) is 16.5. The van der Waals surface area contributed by atoms with Gasteiger partial charge in [-0.3, -0.25) is 14.8 Å². The van der Waals surface area contributed by atoms with Crippen molar-refractivity contribution in [3.63, 3.8) is 0 Å². The molecular formula is C25H39N7O2. The minimum absolute atomic E-state index is 0.241. The number of nitrogens with zero attached hydrogens (tertiary/aromatic N) is 6. The van der Waals surface area contributed by atoms with Gasteiger partial charge in [-0.05, 0) is 56.4 Å². The van der Waals surface area contributed by atoms with Crippen molar-refractivity contribution in [2.75, 3.05) is 40.0 Å². The Bertz CT molecular complexity index is 887. The molecule has 2 saturated carbocycles. The quantitative estimate of drug-likeness (QED) is 0.413. The maximum absolute atomic E-state index is 6.02. The summed E-state index contributed by atoms with van der Waals surface area (Å²) in [6.07, 6.45) is 10.1. The van der Waals surface area contributed by atoms with Crippen LogP contribution in [0.15, 0.2) is 37.1 Å². The van der Waals surface area contributed by atoms with Crippen molar-refractivity contribution >= 4 is 29.6 Å². The van der Waals surface area contributed by atoms with Gasteiger partial charge in [-0.15, -0.1) is 0 Å². The summed E-state index contributed by atoms with van der Waals surface area (Å²) in [5.74, 6) is 4.32. The van der Waals surface area contributed by atoms with Gasteiger partial charge in [-0.25, -0.2) is 20.5 Å². The third-order valence-electron chi connectivity index (χ3n) is 7.23. The number of methoxy groups -OCH3 is 1. The zero-order valence-electron chi connectivity index (χ0n) is 20.9. The molecule has 0 spiro atoms. The summed E-state index contributed by atoms with van der Waals surface area (Å²) in [4.78, 5) is 30.7. The van der Waals surface area contributed by atoms with E-state index in [1.54, 1.807) is 6.21 Å². The fraction of sp³-hybridized carbons (Fsp3) is 0.720. The molecule has 9 heteroatoms. The smallest absolute Gasteiger partial charge is 0.194 e. The highest BCUT2D eigenvalue weighted by Crippen LogP contribution is 2.39. The van der Waals surface area contributed by atoms with Gasteiger partial charge >= 0.3 is 0 Å². The van der Waals surface area contributed by atoms with Crippen LogP contribution in [0.4, 0.5) is 0 Å². The molecule has 2 aliphatic heterocycles. The van der Waals surface area contributed by atoms with Gasteiger partial charge in [0.2, 0.25) is 0 Å². The molecule has 0 bridgehead atoms. The molecule has 34 heavy (non-hydrogen) atoms. The number of aliphatic imine (C=N–C) groups is 5.